The number of aromatic nitrogens is 3. The summed E-state index contributed by atoms with van der Waals surface area (Å²) in [6.45, 7) is 1.73. The summed E-state index contributed by atoms with van der Waals surface area (Å²) in [5.74, 6) is 0. The molecule has 100 valence electrons. The van der Waals surface area contributed by atoms with Crippen molar-refractivity contribution in [3.63, 3.8) is 0 Å². The van der Waals surface area contributed by atoms with Crippen LogP contribution in [0.4, 0.5) is 0 Å². The Morgan fingerprint density at radius 1 is 1.47 bits per heavy atom. The highest BCUT2D eigenvalue weighted by molar-refractivity contribution is 7.99. The summed E-state index contributed by atoms with van der Waals surface area (Å²) in [6.07, 6.45) is 1.53. The first kappa shape index (κ1) is 12.5. The number of nitrogens with one attached hydrogen (secondary N) is 1. The van der Waals surface area contributed by atoms with Gasteiger partial charge in [-0.1, -0.05) is 18.2 Å². The Hall–Kier alpha value is -1.53. The number of benzene rings is 1. The Kier molecular flexibility index (Phi) is 3.20. The fourth-order valence-corrected chi connectivity index (χ4v) is 3.16. The molecule has 5 nitrogen and oxygen atoms in total. The van der Waals surface area contributed by atoms with Crippen molar-refractivity contribution >= 4 is 11.8 Å². The number of aromatic amines is 1. The van der Waals surface area contributed by atoms with Crippen molar-refractivity contribution in [2.24, 2.45) is 0 Å². The molecule has 2 aromatic rings. The topological polar surface area (TPSA) is 70.9 Å². The monoisotopic (exact) mass is 277 g/mol. The van der Waals surface area contributed by atoms with Crippen molar-refractivity contribution in [1.29, 1.82) is 0 Å². The smallest absolute Gasteiger partial charge is 0.344 e. The van der Waals surface area contributed by atoms with E-state index in [1.807, 2.05) is 24.3 Å². The molecule has 1 fully saturated rings. The summed E-state index contributed by atoms with van der Waals surface area (Å²) in [6, 6.07) is 7.92. The van der Waals surface area contributed by atoms with E-state index in [1.54, 1.807) is 11.5 Å². The number of hydrogen-bond donors (Lipinski definition) is 2. The second kappa shape index (κ2) is 4.86. The highest BCUT2D eigenvalue weighted by Crippen LogP contribution is 2.38. The van der Waals surface area contributed by atoms with Crippen molar-refractivity contribution in [2.45, 2.75) is 42.0 Å². The van der Waals surface area contributed by atoms with E-state index in [2.05, 4.69) is 10.2 Å². The molecule has 0 spiro atoms. The molecule has 1 aliphatic rings. The molecule has 1 saturated carbocycles. The van der Waals surface area contributed by atoms with Gasteiger partial charge in [-0.2, -0.15) is 0 Å². The fraction of sp³-hybridized carbons (Fsp3) is 0.385. The maximum absolute atomic E-state index is 11.7. The number of hydrogen-bond acceptors (Lipinski definition) is 4. The van der Waals surface area contributed by atoms with Gasteiger partial charge in [-0.25, -0.2) is 9.89 Å². The minimum absolute atomic E-state index is 0.153. The Labute approximate surface area is 114 Å². The lowest BCUT2D eigenvalue weighted by molar-refractivity contribution is 0.196. The van der Waals surface area contributed by atoms with E-state index in [4.69, 9.17) is 0 Å². The molecule has 2 N–H and O–H groups in total. The highest BCUT2D eigenvalue weighted by atomic mass is 32.2. The lowest BCUT2D eigenvalue weighted by Crippen LogP contribution is -2.16. The molecule has 0 saturated heterocycles. The molecule has 0 aliphatic heterocycles. The first-order valence-electron chi connectivity index (χ1n) is 6.28. The van der Waals surface area contributed by atoms with E-state index in [1.165, 1.54) is 11.8 Å². The standard InChI is InChI=1S/C13H15N3O2S/c1-8(17)10-4-2-3-5-11(10)19-13-15-14-12(18)16(13)9-6-7-9/h2-5,8-9,17H,6-7H2,1H3,(H,14,18)/t8-/m0/s1. The molecule has 1 atom stereocenters. The van der Waals surface area contributed by atoms with Crippen LogP contribution in [0.25, 0.3) is 0 Å². The van der Waals surface area contributed by atoms with E-state index < -0.39 is 6.10 Å². The molecule has 1 heterocycles. The van der Waals surface area contributed by atoms with E-state index in [0.717, 1.165) is 23.3 Å². The van der Waals surface area contributed by atoms with Gasteiger partial charge in [0.1, 0.15) is 0 Å². The van der Waals surface area contributed by atoms with Crippen molar-refractivity contribution < 1.29 is 5.11 Å². The number of rotatable bonds is 4. The van der Waals surface area contributed by atoms with Gasteiger partial charge in [0.05, 0.1) is 6.10 Å². The summed E-state index contributed by atoms with van der Waals surface area (Å²) in [5, 5.41) is 17.0. The van der Waals surface area contributed by atoms with E-state index in [9.17, 15) is 9.90 Å². The zero-order chi connectivity index (χ0) is 13.4. The maximum atomic E-state index is 11.7. The Bertz CT molecular complexity index is 643. The van der Waals surface area contributed by atoms with Gasteiger partial charge in [-0.15, -0.1) is 5.10 Å². The van der Waals surface area contributed by atoms with Crippen LogP contribution in [0.5, 0.6) is 0 Å². The van der Waals surface area contributed by atoms with Crippen molar-refractivity contribution in [3.8, 4) is 0 Å². The molecule has 0 bridgehead atoms. The Morgan fingerprint density at radius 3 is 2.89 bits per heavy atom. The average molecular weight is 277 g/mol. The minimum Gasteiger partial charge on any atom is -0.389 e. The average Bonchev–Trinajstić information content (AvgIpc) is 3.15. The molecule has 0 unspecified atom stereocenters. The molecule has 1 aromatic heterocycles. The molecule has 3 rings (SSSR count). The van der Waals surface area contributed by atoms with Gasteiger partial charge in [0.25, 0.3) is 0 Å². The van der Waals surface area contributed by atoms with Crippen LogP contribution < -0.4 is 5.69 Å². The normalized spacial score (nSPS) is 16.5. The maximum Gasteiger partial charge on any atom is 0.344 e. The molecule has 19 heavy (non-hydrogen) atoms. The van der Waals surface area contributed by atoms with Gasteiger partial charge >= 0.3 is 5.69 Å². The lowest BCUT2D eigenvalue weighted by Gasteiger charge is -2.11. The van der Waals surface area contributed by atoms with Crippen molar-refractivity contribution in [3.05, 3.63) is 40.3 Å². The number of nitrogens with zero attached hydrogens (tertiary/aromatic N) is 2. The van der Waals surface area contributed by atoms with Gasteiger partial charge in [-0.3, -0.25) is 4.57 Å². The SMILES string of the molecule is C[C@H](O)c1ccccc1Sc1n[nH]c(=O)n1C1CC1. The van der Waals surface area contributed by atoms with Gasteiger partial charge in [-0.05, 0) is 43.2 Å². The first-order chi connectivity index (χ1) is 9.16. The van der Waals surface area contributed by atoms with Gasteiger partial charge in [0.2, 0.25) is 0 Å². The zero-order valence-corrected chi connectivity index (χ0v) is 11.4. The third-order valence-electron chi connectivity index (χ3n) is 3.15. The van der Waals surface area contributed by atoms with Crippen LogP contribution in [-0.2, 0) is 0 Å². The molecule has 0 amide bonds. The molecular formula is C13H15N3O2S. The Balaban J connectivity index is 1.96. The number of aliphatic hydroxyl groups excluding tert-OH is 1. The third-order valence-corrected chi connectivity index (χ3v) is 4.22. The zero-order valence-electron chi connectivity index (χ0n) is 10.5. The van der Waals surface area contributed by atoms with Crippen LogP contribution in [0.3, 0.4) is 0 Å². The van der Waals surface area contributed by atoms with Crippen LogP contribution >= 0.6 is 11.8 Å². The van der Waals surface area contributed by atoms with E-state index >= 15 is 0 Å². The van der Waals surface area contributed by atoms with Crippen molar-refractivity contribution in [2.75, 3.05) is 0 Å². The van der Waals surface area contributed by atoms with Gasteiger partial charge in [0, 0.05) is 10.9 Å². The molecule has 0 radical (unpaired) electrons. The predicted octanol–water partition coefficient (Wildman–Crippen LogP) is 2.11. The van der Waals surface area contributed by atoms with Crippen LogP contribution in [0.15, 0.2) is 39.1 Å². The molecule has 1 aromatic carbocycles. The van der Waals surface area contributed by atoms with Gasteiger partial charge in [0.15, 0.2) is 5.16 Å². The Morgan fingerprint density at radius 2 is 2.21 bits per heavy atom. The van der Waals surface area contributed by atoms with E-state index in [-0.39, 0.29) is 11.7 Å². The van der Waals surface area contributed by atoms with Crippen LogP contribution in [0.1, 0.15) is 37.5 Å². The highest BCUT2D eigenvalue weighted by Gasteiger charge is 2.29. The lowest BCUT2D eigenvalue weighted by atomic mass is 10.1. The van der Waals surface area contributed by atoms with E-state index in [0.29, 0.717) is 5.16 Å². The third kappa shape index (κ3) is 2.46. The van der Waals surface area contributed by atoms with Crippen LogP contribution in [-0.4, -0.2) is 19.9 Å². The number of aliphatic hydroxyl groups is 1. The molecule has 1 aliphatic carbocycles. The summed E-state index contributed by atoms with van der Waals surface area (Å²) in [4.78, 5) is 12.6. The first-order valence-corrected chi connectivity index (χ1v) is 7.10. The second-order valence-corrected chi connectivity index (χ2v) is 5.74. The predicted molar refractivity (Wildman–Crippen MR) is 72.3 cm³/mol. The number of H-pyrrole nitrogens is 1. The summed E-state index contributed by atoms with van der Waals surface area (Å²) < 4.78 is 1.71. The van der Waals surface area contributed by atoms with Crippen LogP contribution in [0.2, 0.25) is 0 Å². The van der Waals surface area contributed by atoms with Gasteiger partial charge < -0.3 is 5.11 Å². The van der Waals surface area contributed by atoms with Crippen LogP contribution in [0, 0.1) is 0 Å². The summed E-state index contributed by atoms with van der Waals surface area (Å²) in [7, 11) is 0. The fourth-order valence-electron chi connectivity index (χ4n) is 2.03. The largest absolute Gasteiger partial charge is 0.389 e. The van der Waals surface area contributed by atoms with Crippen molar-refractivity contribution in [1.82, 2.24) is 14.8 Å². The molecule has 6 heteroatoms. The summed E-state index contributed by atoms with van der Waals surface area (Å²) >= 11 is 1.42. The summed E-state index contributed by atoms with van der Waals surface area (Å²) in [5.41, 5.74) is 0.699. The molecular weight excluding hydrogens is 262 g/mol. The minimum atomic E-state index is -0.538. The second-order valence-electron chi connectivity index (χ2n) is 4.73. The quantitative estimate of drug-likeness (QED) is 0.898.